The van der Waals surface area contributed by atoms with Gasteiger partial charge in [0, 0.05) is 11.8 Å². The molecule has 1 unspecified atom stereocenters. The van der Waals surface area contributed by atoms with Crippen molar-refractivity contribution in [2.75, 3.05) is 6.54 Å². The minimum absolute atomic E-state index is 0.117. The Balaban J connectivity index is 3.04. The maximum Gasteiger partial charge on any atom is 0.222 e. The molecule has 0 aliphatic carbocycles. The molecule has 0 radical (unpaired) electrons. The van der Waals surface area contributed by atoms with Crippen molar-refractivity contribution in [2.24, 2.45) is 0 Å². The Labute approximate surface area is 98.2 Å². The zero-order chi connectivity index (χ0) is 12.2. The van der Waals surface area contributed by atoms with Gasteiger partial charge in [-0.15, -0.1) is 0 Å². The van der Waals surface area contributed by atoms with Crippen LogP contribution in [0.4, 0.5) is 0 Å². The van der Waals surface area contributed by atoms with E-state index in [-0.39, 0.29) is 16.6 Å². The van der Waals surface area contributed by atoms with Crippen LogP contribution in [0.2, 0.25) is 0 Å². The van der Waals surface area contributed by atoms with Crippen LogP contribution in [0.25, 0.3) is 0 Å². The number of benzene rings is 1. The van der Waals surface area contributed by atoms with Crippen molar-refractivity contribution in [3.05, 3.63) is 46.0 Å². The second kappa shape index (κ2) is 5.12. The van der Waals surface area contributed by atoms with Gasteiger partial charge in [0.2, 0.25) is 6.54 Å². The first kappa shape index (κ1) is 12.7. The summed E-state index contributed by atoms with van der Waals surface area (Å²) in [5.41, 5.74) is 0.798. The van der Waals surface area contributed by atoms with E-state index in [9.17, 15) is 14.9 Å². The van der Waals surface area contributed by atoms with E-state index in [1.54, 1.807) is 19.1 Å². The summed E-state index contributed by atoms with van der Waals surface area (Å²) in [6, 6.07) is 9.08. The zero-order valence-corrected chi connectivity index (χ0v) is 9.99. The molecule has 0 heterocycles. The van der Waals surface area contributed by atoms with E-state index in [0.717, 1.165) is 17.3 Å². The highest BCUT2D eigenvalue weighted by molar-refractivity contribution is 8.14. The fraction of sp³-hybridized carbons (Fsp3) is 0.364. The summed E-state index contributed by atoms with van der Waals surface area (Å²) in [7, 11) is 0. The number of carbonyl (C=O) groups is 1. The van der Waals surface area contributed by atoms with Gasteiger partial charge in [-0.05, 0) is 12.5 Å². The van der Waals surface area contributed by atoms with E-state index in [2.05, 4.69) is 0 Å². The van der Waals surface area contributed by atoms with Crippen LogP contribution >= 0.6 is 11.8 Å². The molecule has 0 saturated heterocycles. The molecule has 16 heavy (non-hydrogen) atoms. The van der Waals surface area contributed by atoms with Gasteiger partial charge in [0.05, 0.1) is 0 Å². The van der Waals surface area contributed by atoms with Gasteiger partial charge in [-0.3, -0.25) is 14.9 Å². The first-order chi connectivity index (χ1) is 7.44. The average molecular weight is 239 g/mol. The lowest BCUT2D eigenvalue weighted by Crippen LogP contribution is -2.28. The average Bonchev–Trinajstić information content (AvgIpc) is 2.16. The van der Waals surface area contributed by atoms with Crippen molar-refractivity contribution >= 4 is 16.9 Å². The molecule has 5 heteroatoms. The van der Waals surface area contributed by atoms with E-state index in [1.807, 2.05) is 18.2 Å². The summed E-state index contributed by atoms with van der Waals surface area (Å²) in [6.45, 7) is 2.88. The third-order valence-corrected chi connectivity index (χ3v) is 3.29. The summed E-state index contributed by atoms with van der Waals surface area (Å²) >= 11 is 1.00. The summed E-state index contributed by atoms with van der Waals surface area (Å²) in [5.74, 6) is 0. The number of rotatable bonds is 4. The Bertz CT molecular complexity index is 375. The van der Waals surface area contributed by atoms with Crippen molar-refractivity contribution < 1.29 is 9.72 Å². The van der Waals surface area contributed by atoms with Gasteiger partial charge in [0.15, 0.2) is 5.12 Å². The Kier molecular flexibility index (Phi) is 4.06. The summed E-state index contributed by atoms with van der Waals surface area (Å²) in [5, 5.41) is 10.5. The molecular weight excluding hydrogens is 226 g/mol. The summed E-state index contributed by atoms with van der Waals surface area (Å²) in [4.78, 5) is 21.4. The molecule has 0 aromatic heterocycles. The quantitative estimate of drug-likeness (QED) is 0.598. The molecule has 0 aliphatic rings. The molecule has 1 aromatic rings. The molecule has 0 N–H and O–H groups in total. The smallest absolute Gasteiger partial charge is 0.222 e. The minimum atomic E-state index is -0.795. The van der Waals surface area contributed by atoms with Crippen LogP contribution in [-0.2, 0) is 9.54 Å². The summed E-state index contributed by atoms with van der Waals surface area (Å²) < 4.78 is -0.795. The van der Waals surface area contributed by atoms with Crippen molar-refractivity contribution in [3.63, 3.8) is 0 Å². The van der Waals surface area contributed by atoms with E-state index in [1.165, 1.54) is 6.92 Å². The topological polar surface area (TPSA) is 60.2 Å². The molecular formula is C11H13NO3S. The van der Waals surface area contributed by atoms with Gasteiger partial charge in [-0.25, -0.2) is 0 Å². The third-order valence-electron chi connectivity index (χ3n) is 2.18. The Morgan fingerprint density at radius 1 is 1.44 bits per heavy atom. The number of nitro groups is 1. The van der Waals surface area contributed by atoms with Gasteiger partial charge in [-0.1, -0.05) is 42.1 Å². The third kappa shape index (κ3) is 3.34. The van der Waals surface area contributed by atoms with Crippen LogP contribution < -0.4 is 0 Å². The van der Waals surface area contributed by atoms with Crippen LogP contribution in [0.5, 0.6) is 0 Å². The molecule has 0 bridgehead atoms. The molecule has 0 aliphatic heterocycles. The standard InChI is InChI=1S/C11H13NO3S/c1-9(13)16-11(2,8-12(14)15)10-6-4-3-5-7-10/h3-7H,8H2,1-2H3. The lowest BCUT2D eigenvalue weighted by atomic mass is 10.0. The van der Waals surface area contributed by atoms with Gasteiger partial charge < -0.3 is 0 Å². The Morgan fingerprint density at radius 2 is 2.00 bits per heavy atom. The molecule has 86 valence electrons. The molecule has 1 rings (SSSR count). The number of hydrogen-bond donors (Lipinski definition) is 0. The monoisotopic (exact) mass is 239 g/mol. The largest absolute Gasteiger partial charge is 0.288 e. The Morgan fingerprint density at radius 3 is 2.44 bits per heavy atom. The zero-order valence-electron chi connectivity index (χ0n) is 9.17. The number of nitrogens with zero attached hydrogens (tertiary/aromatic N) is 1. The lowest BCUT2D eigenvalue weighted by molar-refractivity contribution is -0.485. The predicted octanol–water partition coefficient (Wildman–Crippen LogP) is 2.46. The van der Waals surface area contributed by atoms with Crippen LogP contribution in [0.15, 0.2) is 30.3 Å². The van der Waals surface area contributed by atoms with Gasteiger partial charge in [-0.2, -0.15) is 0 Å². The number of hydrogen-bond acceptors (Lipinski definition) is 4. The molecule has 1 aromatic carbocycles. The lowest BCUT2D eigenvalue weighted by Gasteiger charge is -2.23. The highest BCUT2D eigenvalue weighted by Crippen LogP contribution is 2.36. The molecule has 0 spiro atoms. The normalized spacial score (nSPS) is 14.1. The maximum absolute atomic E-state index is 11.2. The molecule has 1 atom stereocenters. The minimum Gasteiger partial charge on any atom is -0.288 e. The van der Waals surface area contributed by atoms with Gasteiger partial charge >= 0.3 is 0 Å². The maximum atomic E-state index is 11.2. The molecule has 0 fully saturated rings. The van der Waals surface area contributed by atoms with Crippen molar-refractivity contribution in [3.8, 4) is 0 Å². The Hall–Kier alpha value is -1.36. The van der Waals surface area contributed by atoms with Gasteiger partial charge in [0.25, 0.3) is 0 Å². The van der Waals surface area contributed by atoms with Crippen LogP contribution in [0.1, 0.15) is 19.4 Å². The van der Waals surface area contributed by atoms with E-state index >= 15 is 0 Å². The fourth-order valence-electron chi connectivity index (χ4n) is 1.54. The number of carbonyl (C=O) groups excluding carboxylic acids is 1. The highest BCUT2D eigenvalue weighted by Gasteiger charge is 2.34. The number of thioether (sulfide) groups is 1. The van der Waals surface area contributed by atoms with E-state index in [4.69, 9.17) is 0 Å². The van der Waals surface area contributed by atoms with Crippen LogP contribution in [0.3, 0.4) is 0 Å². The first-order valence-electron chi connectivity index (χ1n) is 4.81. The predicted molar refractivity (Wildman–Crippen MR) is 63.9 cm³/mol. The second-order valence-corrected chi connectivity index (χ2v) is 5.36. The second-order valence-electron chi connectivity index (χ2n) is 3.68. The van der Waals surface area contributed by atoms with Crippen LogP contribution in [0, 0.1) is 10.1 Å². The fourth-order valence-corrected chi connectivity index (χ4v) is 2.60. The van der Waals surface area contributed by atoms with E-state index in [0.29, 0.717) is 0 Å². The van der Waals surface area contributed by atoms with E-state index < -0.39 is 4.75 Å². The van der Waals surface area contributed by atoms with Gasteiger partial charge in [0.1, 0.15) is 4.75 Å². The summed E-state index contributed by atoms with van der Waals surface area (Å²) in [6.07, 6.45) is 0. The molecule has 4 nitrogen and oxygen atoms in total. The highest BCUT2D eigenvalue weighted by atomic mass is 32.2. The van der Waals surface area contributed by atoms with Crippen LogP contribution in [-0.4, -0.2) is 16.6 Å². The molecule has 0 amide bonds. The molecule has 0 saturated carbocycles. The first-order valence-corrected chi connectivity index (χ1v) is 5.62. The van der Waals surface area contributed by atoms with Crippen molar-refractivity contribution in [1.82, 2.24) is 0 Å². The van der Waals surface area contributed by atoms with Crippen molar-refractivity contribution in [1.29, 1.82) is 0 Å². The van der Waals surface area contributed by atoms with Crippen molar-refractivity contribution in [2.45, 2.75) is 18.6 Å². The SMILES string of the molecule is CC(=O)SC(C)(C[N+](=O)[O-])c1ccccc1.